The van der Waals surface area contributed by atoms with Crippen molar-refractivity contribution in [3.63, 3.8) is 0 Å². The normalized spacial score (nSPS) is 12.1. The number of sulfonamides is 1. The van der Waals surface area contributed by atoms with E-state index in [0.29, 0.717) is 0 Å². The van der Waals surface area contributed by atoms with Crippen molar-refractivity contribution in [1.82, 2.24) is 10.2 Å². The Morgan fingerprint density at radius 1 is 1.00 bits per heavy atom. The number of rotatable bonds is 9. The number of amides is 2. The van der Waals surface area contributed by atoms with Crippen molar-refractivity contribution < 1.29 is 18.0 Å². The number of nitrogens with one attached hydrogen (secondary N) is 1. The second-order valence-electron chi connectivity index (χ2n) is 8.34. The van der Waals surface area contributed by atoms with Crippen LogP contribution in [0.5, 0.6) is 0 Å². The van der Waals surface area contributed by atoms with Crippen LogP contribution in [0, 0.1) is 6.92 Å². The Balaban J connectivity index is 2.07. The van der Waals surface area contributed by atoms with E-state index in [2.05, 4.69) is 21.2 Å². The predicted octanol–water partition coefficient (Wildman–Crippen LogP) is 5.42. The minimum Gasteiger partial charge on any atom is -0.357 e. The van der Waals surface area contributed by atoms with Crippen molar-refractivity contribution in [1.29, 1.82) is 0 Å². The van der Waals surface area contributed by atoms with Gasteiger partial charge < -0.3 is 10.2 Å². The second kappa shape index (κ2) is 12.3. The van der Waals surface area contributed by atoms with Gasteiger partial charge in [0.2, 0.25) is 11.8 Å². The summed E-state index contributed by atoms with van der Waals surface area (Å²) in [5, 5.41) is 2.68. The number of carbonyl (C=O) groups is 2. The quantitative estimate of drug-likeness (QED) is 0.344. The van der Waals surface area contributed by atoms with Crippen LogP contribution < -0.4 is 9.62 Å². The van der Waals surface area contributed by atoms with Gasteiger partial charge in [-0.2, -0.15) is 0 Å². The number of hydrogen-bond acceptors (Lipinski definition) is 4. The summed E-state index contributed by atoms with van der Waals surface area (Å²) in [5.74, 6) is -0.982. The summed E-state index contributed by atoms with van der Waals surface area (Å²) in [4.78, 5) is 27.6. The molecule has 0 saturated carbocycles. The van der Waals surface area contributed by atoms with Gasteiger partial charge in [0, 0.05) is 18.1 Å². The number of halogens is 3. The van der Waals surface area contributed by atoms with Crippen LogP contribution in [0.25, 0.3) is 0 Å². The molecule has 0 saturated heterocycles. The molecule has 3 aromatic carbocycles. The van der Waals surface area contributed by atoms with E-state index >= 15 is 0 Å². The van der Waals surface area contributed by atoms with E-state index in [-0.39, 0.29) is 33.1 Å². The van der Waals surface area contributed by atoms with Crippen LogP contribution in [0.15, 0.2) is 76.1 Å². The minimum absolute atomic E-state index is 0.00790. The van der Waals surface area contributed by atoms with Crippen LogP contribution in [0.3, 0.4) is 0 Å². The number of aryl methyl sites for hydroxylation is 1. The Hall–Kier alpha value is -2.59. The molecule has 3 rings (SSSR count). The topological polar surface area (TPSA) is 86.8 Å². The Morgan fingerprint density at radius 2 is 1.62 bits per heavy atom. The maximum absolute atomic E-state index is 13.8. The number of anilines is 1. The zero-order valence-corrected chi connectivity index (χ0v) is 24.3. The number of benzene rings is 3. The molecule has 37 heavy (non-hydrogen) atoms. The Morgan fingerprint density at radius 3 is 2.22 bits per heavy atom. The van der Waals surface area contributed by atoms with Gasteiger partial charge in [-0.15, -0.1) is 0 Å². The molecule has 0 radical (unpaired) electrons. The van der Waals surface area contributed by atoms with Gasteiger partial charge in [-0.25, -0.2) is 8.42 Å². The summed E-state index contributed by atoms with van der Waals surface area (Å²) < 4.78 is 29.4. The van der Waals surface area contributed by atoms with Gasteiger partial charge in [-0.3, -0.25) is 13.9 Å². The second-order valence-corrected chi connectivity index (χ2v) is 11.9. The minimum atomic E-state index is -4.23. The van der Waals surface area contributed by atoms with Crippen LogP contribution in [0.2, 0.25) is 10.0 Å². The lowest BCUT2D eigenvalue weighted by atomic mass is 10.1. The summed E-state index contributed by atoms with van der Waals surface area (Å²) in [6.07, 6.45) is 0. The maximum Gasteiger partial charge on any atom is 0.264 e. The predicted molar refractivity (Wildman–Crippen MR) is 150 cm³/mol. The first-order valence-corrected chi connectivity index (χ1v) is 14.2. The highest BCUT2D eigenvalue weighted by atomic mass is 79.9. The average Bonchev–Trinajstić information content (AvgIpc) is 2.88. The van der Waals surface area contributed by atoms with Crippen LogP contribution >= 0.6 is 39.1 Å². The molecule has 1 N–H and O–H groups in total. The van der Waals surface area contributed by atoms with Crippen molar-refractivity contribution in [2.24, 2.45) is 0 Å². The zero-order valence-electron chi connectivity index (χ0n) is 20.4. The van der Waals surface area contributed by atoms with Crippen molar-refractivity contribution in [3.05, 3.63) is 92.4 Å². The SMILES string of the molecule is CNC(=O)C(C)N(Cc1ccc(Br)cc1)C(=O)CN(c1cccc(Cl)c1Cl)S(=O)(=O)c1ccc(C)cc1. The van der Waals surface area contributed by atoms with Gasteiger partial charge in [0.25, 0.3) is 10.0 Å². The highest BCUT2D eigenvalue weighted by Crippen LogP contribution is 2.35. The van der Waals surface area contributed by atoms with Crippen molar-refractivity contribution in [3.8, 4) is 0 Å². The van der Waals surface area contributed by atoms with Gasteiger partial charge in [0.15, 0.2) is 0 Å². The third-order valence-corrected chi connectivity index (χ3v) is 8.88. The molecular formula is C26H26BrCl2N3O4S. The molecule has 0 aliphatic carbocycles. The molecule has 2 amide bonds. The van der Waals surface area contributed by atoms with Crippen LogP contribution in [-0.2, 0) is 26.2 Å². The summed E-state index contributed by atoms with van der Waals surface area (Å²) in [6.45, 7) is 2.91. The first-order chi connectivity index (χ1) is 17.4. The van der Waals surface area contributed by atoms with Gasteiger partial charge in [0.05, 0.1) is 20.6 Å². The number of hydrogen-bond donors (Lipinski definition) is 1. The molecule has 11 heteroatoms. The summed E-state index contributed by atoms with van der Waals surface area (Å²) in [6, 6.07) is 17.2. The standard InChI is InChI=1S/C26H26BrCl2N3O4S/c1-17-7-13-21(14-8-17)37(35,36)32(23-6-4-5-22(28)25(23)29)16-24(33)31(18(2)26(34)30-3)15-19-9-11-20(27)12-10-19/h4-14,18H,15-16H2,1-3H3,(H,30,34). The van der Waals surface area contributed by atoms with E-state index in [4.69, 9.17) is 23.2 Å². The largest absolute Gasteiger partial charge is 0.357 e. The molecule has 0 aliphatic heterocycles. The molecule has 196 valence electrons. The molecule has 0 heterocycles. The molecule has 3 aromatic rings. The Labute approximate surface area is 235 Å². The lowest BCUT2D eigenvalue weighted by Gasteiger charge is -2.32. The fourth-order valence-corrected chi connectivity index (χ4v) is 5.75. The highest BCUT2D eigenvalue weighted by molar-refractivity contribution is 9.10. The van der Waals surface area contributed by atoms with E-state index in [1.165, 1.54) is 36.2 Å². The Bertz CT molecular complexity index is 1380. The van der Waals surface area contributed by atoms with Gasteiger partial charge >= 0.3 is 0 Å². The first-order valence-electron chi connectivity index (χ1n) is 11.2. The molecule has 0 aliphatic rings. The average molecular weight is 627 g/mol. The van der Waals surface area contributed by atoms with Crippen molar-refractivity contribution in [2.45, 2.75) is 31.3 Å². The van der Waals surface area contributed by atoms with Crippen LogP contribution in [-0.4, -0.2) is 44.8 Å². The fraction of sp³-hybridized carbons (Fsp3) is 0.231. The molecular weight excluding hydrogens is 601 g/mol. The molecule has 0 fully saturated rings. The summed E-state index contributed by atoms with van der Waals surface area (Å²) in [7, 11) is -2.76. The smallest absolute Gasteiger partial charge is 0.264 e. The highest BCUT2D eigenvalue weighted by Gasteiger charge is 2.33. The van der Waals surface area contributed by atoms with E-state index in [1.54, 1.807) is 25.1 Å². The van der Waals surface area contributed by atoms with Gasteiger partial charge in [0.1, 0.15) is 12.6 Å². The zero-order chi connectivity index (χ0) is 27.3. The third-order valence-electron chi connectivity index (χ3n) is 5.77. The molecule has 1 unspecified atom stereocenters. The van der Waals surface area contributed by atoms with E-state index in [1.807, 2.05) is 31.2 Å². The molecule has 0 spiro atoms. The van der Waals surface area contributed by atoms with Gasteiger partial charge in [-0.05, 0) is 55.8 Å². The monoisotopic (exact) mass is 625 g/mol. The lowest BCUT2D eigenvalue weighted by Crippen LogP contribution is -2.50. The van der Waals surface area contributed by atoms with E-state index < -0.39 is 28.5 Å². The molecule has 0 aromatic heterocycles. The summed E-state index contributed by atoms with van der Waals surface area (Å²) >= 11 is 16.0. The molecule has 0 bridgehead atoms. The van der Waals surface area contributed by atoms with Crippen LogP contribution in [0.1, 0.15) is 18.1 Å². The van der Waals surface area contributed by atoms with Crippen molar-refractivity contribution in [2.75, 3.05) is 17.9 Å². The Kier molecular flexibility index (Phi) is 9.63. The maximum atomic E-state index is 13.8. The number of likely N-dealkylation sites (N-methyl/N-ethyl adjacent to an activating group) is 1. The van der Waals surface area contributed by atoms with Crippen molar-refractivity contribution >= 4 is 66.7 Å². The lowest BCUT2D eigenvalue weighted by molar-refractivity contribution is -0.139. The number of carbonyl (C=O) groups excluding carboxylic acids is 2. The van der Waals surface area contributed by atoms with Crippen LogP contribution in [0.4, 0.5) is 5.69 Å². The summed E-state index contributed by atoms with van der Waals surface area (Å²) in [5.41, 5.74) is 1.70. The number of nitrogens with zero attached hydrogens (tertiary/aromatic N) is 2. The third kappa shape index (κ3) is 6.84. The molecule has 1 atom stereocenters. The first kappa shape index (κ1) is 29.0. The fourth-order valence-electron chi connectivity index (χ4n) is 3.61. The van der Waals surface area contributed by atoms with E-state index in [0.717, 1.165) is 19.9 Å². The van der Waals surface area contributed by atoms with Gasteiger partial charge in [-0.1, -0.05) is 75.0 Å². The van der Waals surface area contributed by atoms with E-state index in [9.17, 15) is 18.0 Å². The molecule has 7 nitrogen and oxygen atoms in total.